The standard InChI is InChI=1S/C16H21N3O.C5H13N/c1-2-3-6-9-18-16(20)13-10-12-7-4-5-8-14(12)19-15(17)11-13;1-2-3-4-5-6/h4-5,7-8,10H,2-3,6,9,11H2,1H3,(H2,17,19)(H,18,20);2-6H2,1H3. The third kappa shape index (κ3) is 8.30. The molecule has 1 heterocycles. The Morgan fingerprint density at radius 1 is 1.12 bits per heavy atom. The maximum atomic E-state index is 12.2. The van der Waals surface area contributed by atoms with Gasteiger partial charge in [0.25, 0.3) is 0 Å². The summed E-state index contributed by atoms with van der Waals surface area (Å²) in [4.78, 5) is 16.5. The Hall–Kier alpha value is -2.14. The van der Waals surface area contributed by atoms with Crippen molar-refractivity contribution in [3.8, 4) is 0 Å². The lowest BCUT2D eigenvalue weighted by Gasteiger charge is -2.07. The van der Waals surface area contributed by atoms with E-state index in [0.29, 0.717) is 24.4 Å². The molecule has 0 saturated heterocycles. The zero-order valence-corrected chi connectivity index (χ0v) is 16.3. The first kappa shape index (κ1) is 21.9. The van der Waals surface area contributed by atoms with Crippen molar-refractivity contribution >= 4 is 23.5 Å². The molecule has 1 aromatic rings. The molecule has 0 aliphatic carbocycles. The molecule has 5 nitrogen and oxygen atoms in total. The van der Waals surface area contributed by atoms with Crippen LogP contribution in [-0.4, -0.2) is 24.8 Å². The largest absolute Gasteiger partial charge is 0.387 e. The van der Waals surface area contributed by atoms with Crippen LogP contribution in [0.1, 0.15) is 64.4 Å². The molecule has 0 fully saturated rings. The minimum Gasteiger partial charge on any atom is -0.387 e. The predicted octanol–water partition coefficient (Wildman–Crippen LogP) is 3.90. The average Bonchev–Trinajstić information content (AvgIpc) is 2.82. The molecule has 0 spiro atoms. The third-order valence-corrected chi connectivity index (χ3v) is 4.07. The number of carbonyl (C=O) groups excluding carboxylic acids is 1. The topological polar surface area (TPSA) is 93.5 Å². The molecule has 0 radical (unpaired) electrons. The molecule has 0 bridgehead atoms. The summed E-state index contributed by atoms with van der Waals surface area (Å²) in [6, 6.07) is 7.70. The summed E-state index contributed by atoms with van der Waals surface area (Å²) < 4.78 is 0. The van der Waals surface area contributed by atoms with E-state index in [0.717, 1.165) is 37.1 Å². The molecule has 0 aromatic heterocycles. The molecule has 0 unspecified atom stereocenters. The van der Waals surface area contributed by atoms with Crippen molar-refractivity contribution in [2.24, 2.45) is 16.5 Å². The SMILES string of the molecule is CCCCCN.CCCCCNC(=O)C1=Cc2ccccc2N=C(N)C1. The summed E-state index contributed by atoms with van der Waals surface area (Å²) in [5.74, 6) is 0.431. The Kier molecular flexibility index (Phi) is 11.0. The van der Waals surface area contributed by atoms with Crippen molar-refractivity contribution in [1.82, 2.24) is 5.32 Å². The van der Waals surface area contributed by atoms with Gasteiger partial charge in [-0.15, -0.1) is 0 Å². The van der Waals surface area contributed by atoms with E-state index in [1.165, 1.54) is 19.3 Å². The monoisotopic (exact) mass is 358 g/mol. The van der Waals surface area contributed by atoms with E-state index in [1.54, 1.807) is 0 Å². The molecular formula is C21H34N4O. The Bertz CT molecular complexity index is 604. The summed E-state index contributed by atoms with van der Waals surface area (Å²) in [5, 5.41) is 2.95. The van der Waals surface area contributed by atoms with Gasteiger partial charge in [-0.3, -0.25) is 4.79 Å². The molecular weight excluding hydrogens is 324 g/mol. The summed E-state index contributed by atoms with van der Waals surface area (Å²) >= 11 is 0. The van der Waals surface area contributed by atoms with Gasteiger partial charge in [-0.05, 0) is 31.5 Å². The van der Waals surface area contributed by atoms with Crippen molar-refractivity contribution in [3.63, 3.8) is 0 Å². The lowest BCUT2D eigenvalue weighted by molar-refractivity contribution is -0.117. The van der Waals surface area contributed by atoms with Crippen LogP contribution in [0.4, 0.5) is 5.69 Å². The number of hydrogen-bond donors (Lipinski definition) is 3. The van der Waals surface area contributed by atoms with Crippen LogP contribution < -0.4 is 16.8 Å². The number of fused-ring (bicyclic) bond motifs is 1. The number of amidine groups is 1. The predicted molar refractivity (Wildman–Crippen MR) is 111 cm³/mol. The van der Waals surface area contributed by atoms with Crippen LogP contribution in [0, 0.1) is 0 Å². The van der Waals surface area contributed by atoms with E-state index >= 15 is 0 Å². The Labute approximate surface area is 158 Å². The quantitative estimate of drug-likeness (QED) is 0.615. The molecule has 1 amide bonds. The van der Waals surface area contributed by atoms with E-state index in [-0.39, 0.29) is 5.91 Å². The number of benzene rings is 1. The van der Waals surface area contributed by atoms with Gasteiger partial charge < -0.3 is 16.8 Å². The first-order valence-electron chi connectivity index (χ1n) is 9.73. The van der Waals surface area contributed by atoms with E-state index < -0.39 is 0 Å². The summed E-state index contributed by atoms with van der Waals surface area (Å²) in [6.45, 7) is 5.88. The summed E-state index contributed by atoms with van der Waals surface area (Å²) in [5.41, 5.74) is 13.5. The molecule has 1 aromatic carbocycles. The Morgan fingerprint density at radius 2 is 1.81 bits per heavy atom. The molecule has 144 valence electrons. The molecule has 1 aliphatic heterocycles. The second-order valence-electron chi connectivity index (χ2n) is 6.47. The molecule has 0 saturated carbocycles. The van der Waals surface area contributed by atoms with Gasteiger partial charge in [0.15, 0.2) is 0 Å². The Morgan fingerprint density at radius 3 is 2.46 bits per heavy atom. The second-order valence-corrected chi connectivity index (χ2v) is 6.47. The molecule has 0 atom stereocenters. The van der Waals surface area contributed by atoms with Crippen LogP contribution in [-0.2, 0) is 4.79 Å². The number of hydrogen-bond acceptors (Lipinski definition) is 4. The fourth-order valence-electron chi connectivity index (χ4n) is 2.57. The van der Waals surface area contributed by atoms with E-state index in [2.05, 4.69) is 24.2 Å². The van der Waals surface area contributed by atoms with Crippen LogP contribution in [0.15, 0.2) is 34.8 Å². The zero-order chi connectivity index (χ0) is 19.2. The normalized spacial score (nSPS) is 12.7. The fraction of sp³-hybridized carbons (Fsp3) is 0.524. The van der Waals surface area contributed by atoms with E-state index in [9.17, 15) is 4.79 Å². The van der Waals surface area contributed by atoms with E-state index in [4.69, 9.17) is 11.5 Å². The van der Waals surface area contributed by atoms with Gasteiger partial charge in [0.1, 0.15) is 5.84 Å². The smallest absolute Gasteiger partial charge is 0.247 e. The van der Waals surface area contributed by atoms with Crippen LogP contribution >= 0.6 is 0 Å². The lowest BCUT2D eigenvalue weighted by Crippen LogP contribution is -2.28. The summed E-state index contributed by atoms with van der Waals surface area (Å²) in [7, 11) is 0. The fourth-order valence-corrected chi connectivity index (χ4v) is 2.57. The van der Waals surface area contributed by atoms with Crippen molar-refractivity contribution < 1.29 is 4.79 Å². The third-order valence-electron chi connectivity index (χ3n) is 4.07. The van der Waals surface area contributed by atoms with Gasteiger partial charge >= 0.3 is 0 Å². The maximum Gasteiger partial charge on any atom is 0.247 e. The minimum atomic E-state index is -0.0454. The van der Waals surface area contributed by atoms with Crippen LogP contribution in [0.2, 0.25) is 0 Å². The number of aliphatic imine (C=N–C) groups is 1. The van der Waals surface area contributed by atoms with Crippen LogP contribution in [0.3, 0.4) is 0 Å². The number of nitrogens with one attached hydrogen (secondary N) is 1. The highest BCUT2D eigenvalue weighted by molar-refractivity contribution is 6.05. The first-order valence-corrected chi connectivity index (χ1v) is 9.73. The van der Waals surface area contributed by atoms with Gasteiger partial charge in [-0.1, -0.05) is 57.7 Å². The van der Waals surface area contributed by atoms with Gasteiger partial charge in [0, 0.05) is 24.1 Å². The number of rotatable bonds is 8. The van der Waals surface area contributed by atoms with Crippen molar-refractivity contribution in [2.45, 2.75) is 58.8 Å². The maximum absolute atomic E-state index is 12.2. The minimum absolute atomic E-state index is 0.0454. The number of unbranched alkanes of at least 4 members (excludes halogenated alkanes) is 4. The number of nitrogens with two attached hydrogens (primary N) is 2. The Balaban J connectivity index is 0.000000487. The lowest BCUT2D eigenvalue weighted by atomic mass is 10.1. The number of carbonyl (C=O) groups is 1. The van der Waals surface area contributed by atoms with Gasteiger partial charge in [0.05, 0.1) is 5.69 Å². The second kappa shape index (κ2) is 13.1. The van der Waals surface area contributed by atoms with Crippen LogP contribution in [0.25, 0.3) is 6.08 Å². The summed E-state index contributed by atoms with van der Waals surface area (Å²) in [6.07, 6.45) is 9.32. The van der Waals surface area contributed by atoms with Crippen molar-refractivity contribution in [3.05, 3.63) is 35.4 Å². The molecule has 1 aliphatic rings. The molecule has 5 heteroatoms. The van der Waals surface area contributed by atoms with Crippen molar-refractivity contribution in [2.75, 3.05) is 13.1 Å². The van der Waals surface area contributed by atoms with Gasteiger partial charge in [-0.2, -0.15) is 0 Å². The van der Waals surface area contributed by atoms with Crippen LogP contribution in [0.5, 0.6) is 0 Å². The van der Waals surface area contributed by atoms with Crippen molar-refractivity contribution in [1.29, 1.82) is 0 Å². The highest BCUT2D eigenvalue weighted by Gasteiger charge is 2.15. The van der Waals surface area contributed by atoms with Gasteiger partial charge in [-0.25, -0.2) is 4.99 Å². The number of amides is 1. The molecule has 5 N–H and O–H groups in total. The van der Waals surface area contributed by atoms with Gasteiger partial charge in [0.2, 0.25) is 5.91 Å². The highest BCUT2D eigenvalue weighted by Crippen LogP contribution is 2.25. The molecule has 2 rings (SSSR count). The highest BCUT2D eigenvalue weighted by atomic mass is 16.1. The first-order chi connectivity index (χ1) is 12.6. The zero-order valence-electron chi connectivity index (χ0n) is 16.3. The van der Waals surface area contributed by atoms with E-state index in [1.807, 2.05) is 30.3 Å². The number of para-hydroxylation sites is 1. The molecule has 26 heavy (non-hydrogen) atoms. The average molecular weight is 359 g/mol. The number of nitrogens with zero attached hydrogens (tertiary/aromatic N) is 1.